The summed E-state index contributed by atoms with van der Waals surface area (Å²) in [5.41, 5.74) is 0. The van der Waals surface area contributed by atoms with Crippen LogP contribution in [-0.2, 0) is 28.6 Å². The van der Waals surface area contributed by atoms with Crippen LogP contribution in [0.1, 0.15) is 324 Å². The van der Waals surface area contributed by atoms with E-state index in [9.17, 15) is 14.4 Å². The zero-order chi connectivity index (χ0) is 46.8. The molecule has 0 fully saturated rings. The molecule has 0 saturated heterocycles. The highest BCUT2D eigenvalue weighted by molar-refractivity contribution is 5.71. The fourth-order valence-corrected chi connectivity index (χ4v) is 8.84. The van der Waals surface area contributed by atoms with Gasteiger partial charge in [-0.2, -0.15) is 0 Å². The van der Waals surface area contributed by atoms with E-state index in [1.54, 1.807) is 0 Å². The number of esters is 3. The van der Waals surface area contributed by atoms with Crippen molar-refractivity contribution in [1.82, 2.24) is 0 Å². The highest BCUT2D eigenvalue weighted by Gasteiger charge is 2.19. The molecule has 0 aliphatic heterocycles. The van der Waals surface area contributed by atoms with Crippen LogP contribution in [0.2, 0.25) is 0 Å². The van der Waals surface area contributed by atoms with Crippen molar-refractivity contribution in [2.45, 2.75) is 330 Å². The van der Waals surface area contributed by atoms with Crippen LogP contribution in [0.25, 0.3) is 0 Å². The lowest BCUT2D eigenvalue weighted by Gasteiger charge is -2.18. The molecule has 2 atom stereocenters. The Morgan fingerprint density at radius 3 is 0.891 bits per heavy atom. The molecule has 0 rings (SSSR count). The summed E-state index contributed by atoms with van der Waals surface area (Å²) in [5, 5.41) is 0. The molecule has 0 amide bonds. The average molecular weight is 906 g/mol. The van der Waals surface area contributed by atoms with Crippen LogP contribution in [0, 0.1) is 11.8 Å². The summed E-state index contributed by atoms with van der Waals surface area (Å²) in [6.45, 7) is 11.4. The first kappa shape index (κ1) is 62.4. The SMILES string of the molecule is CCCCCCCCCCCCC(=O)OC[C@H](COC(=O)CCCCCCCCCCCCCCCCC(C)CC)OC(=O)CCCCCCCCCCCCCCCCCC(C)C. The smallest absolute Gasteiger partial charge is 0.306 e. The maximum atomic E-state index is 12.8. The number of hydrogen-bond acceptors (Lipinski definition) is 6. The van der Waals surface area contributed by atoms with Crippen molar-refractivity contribution >= 4 is 17.9 Å². The number of carbonyl (C=O) groups is 3. The monoisotopic (exact) mass is 905 g/mol. The second-order valence-electron chi connectivity index (χ2n) is 20.6. The number of hydrogen-bond donors (Lipinski definition) is 0. The maximum Gasteiger partial charge on any atom is 0.306 e. The van der Waals surface area contributed by atoms with Gasteiger partial charge in [-0.15, -0.1) is 0 Å². The maximum absolute atomic E-state index is 12.8. The van der Waals surface area contributed by atoms with Crippen molar-refractivity contribution in [3.63, 3.8) is 0 Å². The van der Waals surface area contributed by atoms with Crippen LogP contribution >= 0.6 is 0 Å². The Labute approximate surface area is 399 Å². The van der Waals surface area contributed by atoms with E-state index in [-0.39, 0.29) is 31.1 Å². The summed E-state index contributed by atoms with van der Waals surface area (Å²) < 4.78 is 16.9. The zero-order valence-electron chi connectivity index (χ0n) is 43.9. The standard InChI is InChI=1S/C58H112O6/c1-6-8-9-10-11-12-28-33-38-43-48-56(59)62-51-55(64-58(61)50-45-40-35-30-25-21-15-13-14-18-22-26-31-36-41-46-53(3)4)52-63-57(60)49-44-39-34-29-24-20-17-16-19-23-27-32-37-42-47-54(5)7-2/h53-55H,6-52H2,1-5H3/t54?,55-/m1/s1. The summed E-state index contributed by atoms with van der Waals surface area (Å²) in [6, 6.07) is 0. The van der Waals surface area contributed by atoms with E-state index in [0.717, 1.165) is 69.6 Å². The third-order valence-electron chi connectivity index (χ3n) is 13.6. The lowest BCUT2D eigenvalue weighted by Crippen LogP contribution is -2.30. The summed E-state index contributed by atoms with van der Waals surface area (Å²) in [7, 11) is 0. The molecular formula is C58H112O6. The van der Waals surface area contributed by atoms with Gasteiger partial charge in [0.25, 0.3) is 0 Å². The van der Waals surface area contributed by atoms with Crippen molar-refractivity contribution in [2.24, 2.45) is 11.8 Å². The first-order valence-electron chi connectivity index (χ1n) is 28.8. The third-order valence-corrected chi connectivity index (χ3v) is 13.6. The highest BCUT2D eigenvalue weighted by Crippen LogP contribution is 2.19. The van der Waals surface area contributed by atoms with Gasteiger partial charge in [0.2, 0.25) is 0 Å². The van der Waals surface area contributed by atoms with Gasteiger partial charge in [0.1, 0.15) is 13.2 Å². The number of rotatable bonds is 52. The molecule has 0 aliphatic rings. The normalized spacial score (nSPS) is 12.5. The highest BCUT2D eigenvalue weighted by atomic mass is 16.6. The molecule has 1 unspecified atom stereocenters. The van der Waals surface area contributed by atoms with E-state index in [4.69, 9.17) is 14.2 Å². The molecule has 0 aliphatic carbocycles. The molecule has 0 aromatic carbocycles. The summed E-state index contributed by atoms with van der Waals surface area (Å²) >= 11 is 0. The molecule has 0 bridgehead atoms. The fourth-order valence-electron chi connectivity index (χ4n) is 8.84. The fraction of sp³-hybridized carbons (Fsp3) is 0.948. The van der Waals surface area contributed by atoms with Gasteiger partial charge in [-0.3, -0.25) is 14.4 Å². The molecule has 0 heterocycles. The van der Waals surface area contributed by atoms with E-state index in [0.29, 0.717) is 19.3 Å². The van der Waals surface area contributed by atoms with E-state index in [1.165, 1.54) is 212 Å². The van der Waals surface area contributed by atoms with Crippen molar-refractivity contribution in [3.05, 3.63) is 0 Å². The van der Waals surface area contributed by atoms with E-state index in [2.05, 4.69) is 34.6 Å². The average Bonchev–Trinajstić information content (AvgIpc) is 3.28. The molecule has 6 heteroatoms. The minimum atomic E-state index is -0.762. The van der Waals surface area contributed by atoms with Crippen molar-refractivity contribution in [1.29, 1.82) is 0 Å². The molecule has 0 N–H and O–H groups in total. The molecule has 0 aromatic heterocycles. The largest absolute Gasteiger partial charge is 0.462 e. The van der Waals surface area contributed by atoms with Crippen molar-refractivity contribution in [2.75, 3.05) is 13.2 Å². The van der Waals surface area contributed by atoms with Crippen molar-refractivity contribution < 1.29 is 28.6 Å². The Morgan fingerprint density at radius 1 is 0.328 bits per heavy atom. The van der Waals surface area contributed by atoms with Crippen LogP contribution < -0.4 is 0 Å². The molecular weight excluding hydrogens is 793 g/mol. The molecule has 0 radical (unpaired) electrons. The zero-order valence-corrected chi connectivity index (χ0v) is 43.9. The van der Waals surface area contributed by atoms with Gasteiger partial charge in [0.15, 0.2) is 6.10 Å². The molecule has 6 nitrogen and oxygen atoms in total. The van der Waals surface area contributed by atoms with E-state index in [1.807, 2.05) is 0 Å². The van der Waals surface area contributed by atoms with Gasteiger partial charge in [0, 0.05) is 19.3 Å². The van der Waals surface area contributed by atoms with Crippen molar-refractivity contribution in [3.8, 4) is 0 Å². The quantitative estimate of drug-likeness (QED) is 0.0344. The Kier molecular flexibility index (Phi) is 49.6. The molecule has 64 heavy (non-hydrogen) atoms. The first-order valence-corrected chi connectivity index (χ1v) is 28.8. The number of unbranched alkanes of at least 4 members (excludes halogenated alkanes) is 36. The molecule has 0 aromatic rings. The lowest BCUT2D eigenvalue weighted by molar-refractivity contribution is -0.167. The summed E-state index contributed by atoms with van der Waals surface area (Å²) in [4.78, 5) is 38.1. The van der Waals surface area contributed by atoms with Crippen LogP contribution in [0.3, 0.4) is 0 Å². The van der Waals surface area contributed by atoms with Gasteiger partial charge in [0.05, 0.1) is 0 Å². The Balaban J connectivity index is 4.24. The topological polar surface area (TPSA) is 78.9 Å². The Morgan fingerprint density at radius 2 is 0.594 bits per heavy atom. The van der Waals surface area contributed by atoms with Gasteiger partial charge < -0.3 is 14.2 Å². The second kappa shape index (κ2) is 50.8. The predicted molar refractivity (Wildman–Crippen MR) is 275 cm³/mol. The van der Waals surface area contributed by atoms with E-state index < -0.39 is 6.10 Å². The summed E-state index contributed by atoms with van der Waals surface area (Å²) in [6.07, 6.45) is 53.7. The Hall–Kier alpha value is -1.59. The van der Waals surface area contributed by atoms with E-state index >= 15 is 0 Å². The molecule has 0 spiro atoms. The molecule has 0 saturated carbocycles. The predicted octanol–water partition coefficient (Wildman–Crippen LogP) is 18.9. The van der Waals surface area contributed by atoms with Crippen LogP contribution in [0.4, 0.5) is 0 Å². The Bertz CT molecular complexity index is 980. The molecule has 380 valence electrons. The lowest BCUT2D eigenvalue weighted by atomic mass is 9.99. The van der Waals surface area contributed by atoms with Gasteiger partial charge in [-0.1, -0.05) is 285 Å². The minimum absolute atomic E-state index is 0.0627. The number of ether oxygens (including phenoxy) is 3. The number of carbonyl (C=O) groups excluding carboxylic acids is 3. The van der Waals surface area contributed by atoms with Gasteiger partial charge >= 0.3 is 17.9 Å². The van der Waals surface area contributed by atoms with Gasteiger partial charge in [-0.05, 0) is 31.1 Å². The first-order chi connectivity index (χ1) is 31.3. The third kappa shape index (κ3) is 49.8. The van der Waals surface area contributed by atoms with Crippen LogP contribution in [0.15, 0.2) is 0 Å². The minimum Gasteiger partial charge on any atom is -0.462 e. The second-order valence-corrected chi connectivity index (χ2v) is 20.6. The van der Waals surface area contributed by atoms with Crippen LogP contribution in [-0.4, -0.2) is 37.2 Å². The van der Waals surface area contributed by atoms with Crippen LogP contribution in [0.5, 0.6) is 0 Å². The van der Waals surface area contributed by atoms with Gasteiger partial charge in [-0.25, -0.2) is 0 Å². The summed E-state index contributed by atoms with van der Waals surface area (Å²) in [5.74, 6) is 0.903.